The van der Waals surface area contributed by atoms with Crippen molar-refractivity contribution in [3.63, 3.8) is 0 Å². The van der Waals surface area contributed by atoms with Gasteiger partial charge in [0.05, 0.1) is 17.0 Å². The van der Waals surface area contributed by atoms with E-state index in [0.29, 0.717) is 40.2 Å². The van der Waals surface area contributed by atoms with Crippen molar-refractivity contribution in [2.24, 2.45) is 0 Å². The van der Waals surface area contributed by atoms with Gasteiger partial charge < -0.3 is 14.5 Å². The molecule has 0 aliphatic carbocycles. The highest BCUT2D eigenvalue weighted by Gasteiger charge is 2.26. The van der Waals surface area contributed by atoms with Gasteiger partial charge in [0.15, 0.2) is 5.43 Å². The van der Waals surface area contributed by atoms with Gasteiger partial charge in [0, 0.05) is 27.9 Å². The molecular weight excluding hydrogens is 402 g/mol. The minimum absolute atomic E-state index is 0.0357. The van der Waals surface area contributed by atoms with E-state index >= 15 is 0 Å². The van der Waals surface area contributed by atoms with Crippen molar-refractivity contribution < 1.29 is 13.9 Å². The fourth-order valence-electron chi connectivity index (χ4n) is 4.36. The summed E-state index contributed by atoms with van der Waals surface area (Å²) in [4.78, 5) is 25.5. The second-order valence-electron chi connectivity index (χ2n) is 8.26. The summed E-state index contributed by atoms with van der Waals surface area (Å²) in [5.74, 6) is 0.252. The number of aryl methyl sites for hydroxylation is 1. The standard InChI is InChI=1S/C27H23NO4/c1-15-12-20(17(3)28-22-11-7-10-19-14-31-27(30)23(19)22)26-21(13-15)24(29)16(2)25(32-26)18-8-5-4-6-9-18/h4-13,17,28H,14H2,1-3H3/t17-/m1/s1. The summed E-state index contributed by atoms with van der Waals surface area (Å²) in [6, 6.07) is 19.0. The maximum atomic E-state index is 13.3. The van der Waals surface area contributed by atoms with E-state index in [9.17, 15) is 9.59 Å². The second kappa shape index (κ2) is 7.68. The summed E-state index contributed by atoms with van der Waals surface area (Å²) in [6.07, 6.45) is 0. The number of benzene rings is 3. The predicted octanol–water partition coefficient (Wildman–Crippen LogP) is 5.92. The zero-order valence-corrected chi connectivity index (χ0v) is 18.2. The molecule has 5 rings (SSSR count). The van der Waals surface area contributed by atoms with Crippen LogP contribution in [0.2, 0.25) is 0 Å². The molecule has 160 valence electrons. The summed E-state index contributed by atoms with van der Waals surface area (Å²) in [6.45, 7) is 6.05. The molecule has 2 heterocycles. The largest absolute Gasteiger partial charge is 0.457 e. The third-order valence-corrected chi connectivity index (χ3v) is 5.98. The summed E-state index contributed by atoms with van der Waals surface area (Å²) < 4.78 is 11.6. The summed E-state index contributed by atoms with van der Waals surface area (Å²) in [7, 11) is 0. The van der Waals surface area contributed by atoms with E-state index in [-0.39, 0.29) is 17.4 Å². The van der Waals surface area contributed by atoms with Crippen LogP contribution < -0.4 is 10.7 Å². The third-order valence-electron chi connectivity index (χ3n) is 5.98. The van der Waals surface area contributed by atoms with Crippen LogP contribution in [0.25, 0.3) is 22.3 Å². The summed E-state index contributed by atoms with van der Waals surface area (Å²) in [5.41, 5.74) is 5.95. The number of carbonyl (C=O) groups excluding carboxylic acids is 1. The Morgan fingerprint density at radius 3 is 2.53 bits per heavy atom. The normalized spacial score (nSPS) is 13.7. The predicted molar refractivity (Wildman–Crippen MR) is 125 cm³/mol. The first-order valence-electron chi connectivity index (χ1n) is 10.6. The number of hydrogen-bond acceptors (Lipinski definition) is 5. The third kappa shape index (κ3) is 3.26. The Kier molecular flexibility index (Phi) is 4.82. The molecule has 1 atom stereocenters. The van der Waals surface area contributed by atoms with Gasteiger partial charge in [-0.25, -0.2) is 4.79 Å². The molecule has 1 aliphatic heterocycles. The zero-order chi connectivity index (χ0) is 22.4. The van der Waals surface area contributed by atoms with Crippen molar-refractivity contribution in [2.75, 3.05) is 5.32 Å². The SMILES string of the molecule is Cc1cc([C@@H](C)Nc2cccc3c2C(=O)OC3)c2oc(-c3ccccc3)c(C)c(=O)c2c1. The maximum absolute atomic E-state index is 13.3. The molecule has 3 aromatic carbocycles. The molecule has 0 saturated heterocycles. The van der Waals surface area contributed by atoms with Crippen LogP contribution in [0.1, 0.15) is 45.6 Å². The first-order valence-corrected chi connectivity index (χ1v) is 10.6. The first kappa shape index (κ1) is 20.1. The molecule has 32 heavy (non-hydrogen) atoms. The highest BCUT2D eigenvalue weighted by atomic mass is 16.5. The number of ether oxygens (including phenoxy) is 1. The minimum Gasteiger partial charge on any atom is -0.457 e. The van der Waals surface area contributed by atoms with Crippen molar-refractivity contribution in [2.45, 2.75) is 33.4 Å². The quantitative estimate of drug-likeness (QED) is 0.411. The number of hydrogen-bond donors (Lipinski definition) is 1. The molecule has 5 nitrogen and oxygen atoms in total. The lowest BCUT2D eigenvalue weighted by Crippen LogP contribution is -2.13. The maximum Gasteiger partial charge on any atom is 0.340 e. The fourth-order valence-corrected chi connectivity index (χ4v) is 4.36. The molecule has 1 N–H and O–H groups in total. The number of cyclic esters (lactones) is 1. The molecule has 5 heteroatoms. The number of nitrogens with one attached hydrogen (secondary N) is 1. The van der Waals surface area contributed by atoms with E-state index in [1.165, 1.54) is 0 Å². The number of esters is 1. The minimum atomic E-state index is -0.321. The average molecular weight is 425 g/mol. The molecule has 1 aromatic heterocycles. The van der Waals surface area contributed by atoms with Gasteiger partial charge in [0.25, 0.3) is 0 Å². The van der Waals surface area contributed by atoms with E-state index < -0.39 is 0 Å². The van der Waals surface area contributed by atoms with Crippen molar-refractivity contribution in [3.05, 3.63) is 98.7 Å². The molecule has 0 spiro atoms. The van der Waals surface area contributed by atoms with Crippen LogP contribution in [-0.2, 0) is 11.3 Å². The smallest absolute Gasteiger partial charge is 0.340 e. The van der Waals surface area contributed by atoms with E-state index in [4.69, 9.17) is 9.15 Å². The van der Waals surface area contributed by atoms with Crippen molar-refractivity contribution in [1.82, 2.24) is 0 Å². The van der Waals surface area contributed by atoms with Gasteiger partial charge >= 0.3 is 5.97 Å². The monoisotopic (exact) mass is 425 g/mol. The van der Waals surface area contributed by atoms with Crippen LogP contribution >= 0.6 is 0 Å². The fraction of sp³-hybridized carbons (Fsp3) is 0.185. The van der Waals surface area contributed by atoms with Gasteiger partial charge in [-0.1, -0.05) is 48.5 Å². The molecule has 0 bridgehead atoms. The topological polar surface area (TPSA) is 68.5 Å². The van der Waals surface area contributed by atoms with Gasteiger partial charge in [-0.2, -0.15) is 0 Å². The van der Waals surface area contributed by atoms with Crippen LogP contribution in [0.15, 0.2) is 69.9 Å². The number of fused-ring (bicyclic) bond motifs is 2. The lowest BCUT2D eigenvalue weighted by Gasteiger charge is -2.20. The summed E-state index contributed by atoms with van der Waals surface area (Å²) >= 11 is 0. The molecule has 4 aromatic rings. The van der Waals surface area contributed by atoms with Crippen LogP contribution in [0.4, 0.5) is 5.69 Å². The van der Waals surface area contributed by atoms with E-state index in [1.54, 1.807) is 6.92 Å². The Hall–Kier alpha value is -3.86. The Balaban J connectivity index is 1.66. The average Bonchev–Trinajstić information content (AvgIpc) is 3.18. The molecule has 0 unspecified atom stereocenters. The Labute approximate surface area is 185 Å². The van der Waals surface area contributed by atoms with Gasteiger partial charge in [-0.3, -0.25) is 4.79 Å². The lowest BCUT2D eigenvalue weighted by atomic mass is 9.98. The summed E-state index contributed by atoms with van der Waals surface area (Å²) in [5, 5.41) is 4.00. The Morgan fingerprint density at radius 1 is 0.969 bits per heavy atom. The lowest BCUT2D eigenvalue weighted by molar-refractivity contribution is 0.0535. The van der Waals surface area contributed by atoms with Crippen LogP contribution in [-0.4, -0.2) is 5.97 Å². The number of rotatable bonds is 4. The molecule has 0 amide bonds. The van der Waals surface area contributed by atoms with E-state index in [2.05, 4.69) is 5.32 Å². The molecule has 0 radical (unpaired) electrons. The Morgan fingerprint density at radius 2 is 1.75 bits per heavy atom. The highest BCUT2D eigenvalue weighted by molar-refractivity contribution is 5.99. The zero-order valence-electron chi connectivity index (χ0n) is 18.2. The van der Waals surface area contributed by atoms with Gasteiger partial charge in [0.2, 0.25) is 0 Å². The molecule has 1 aliphatic rings. The highest BCUT2D eigenvalue weighted by Crippen LogP contribution is 2.34. The van der Waals surface area contributed by atoms with Crippen molar-refractivity contribution >= 4 is 22.6 Å². The van der Waals surface area contributed by atoms with Crippen LogP contribution in [0.5, 0.6) is 0 Å². The molecule has 0 fully saturated rings. The van der Waals surface area contributed by atoms with Crippen molar-refractivity contribution in [1.29, 1.82) is 0 Å². The van der Waals surface area contributed by atoms with Crippen LogP contribution in [0.3, 0.4) is 0 Å². The second-order valence-corrected chi connectivity index (χ2v) is 8.26. The molecule has 0 saturated carbocycles. The van der Waals surface area contributed by atoms with Gasteiger partial charge in [0.1, 0.15) is 18.0 Å². The molecular formula is C27H23NO4. The van der Waals surface area contributed by atoms with Gasteiger partial charge in [-0.05, 0) is 38.5 Å². The van der Waals surface area contributed by atoms with E-state index in [0.717, 1.165) is 22.3 Å². The van der Waals surface area contributed by atoms with Crippen LogP contribution in [0, 0.1) is 13.8 Å². The number of anilines is 1. The first-order chi connectivity index (χ1) is 15.4. The Bertz CT molecular complexity index is 1420. The van der Waals surface area contributed by atoms with E-state index in [1.807, 2.05) is 74.5 Å². The van der Waals surface area contributed by atoms with Gasteiger partial charge in [-0.15, -0.1) is 0 Å². The number of carbonyl (C=O) groups is 1. The van der Waals surface area contributed by atoms with Crippen molar-refractivity contribution in [3.8, 4) is 11.3 Å².